The normalized spacial score (nSPS) is 11.3. The van der Waals surface area contributed by atoms with Crippen LogP contribution >= 0.6 is 11.6 Å². The van der Waals surface area contributed by atoms with E-state index < -0.39 is 5.82 Å². The molecule has 1 heterocycles. The summed E-state index contributed by atoms with van der Waals surface area (Å²) in [5.41, 5.74) is 1.79. The van der Waals surface area contributed by atoms with Gasteiger partial charge in [-0.1, -0.05) is 23.7 Å². The summed E-state index contributed by atoms with van der Waals surface area (Å²) in [6, 6.07) is 12.5. The van der Waals surface area contributed by atoms with E-state index in [0.29, 0.717) is 29.2 Å². The van der Waals surface area contributed by atoms with Crippen LogP contribution in [0.1, 0.15) is 16.1 Å². The van der Waals surface area contributed by atoms with Gasteiger partial charge < -0.3 is 10.3 Å². The lowest BCUT2D eigenvalue weighted by atomic mass is 10.2. The summed E-state index contributed by atoms with van der Waals surface area (Å²) in [6.07, 6.45) is 3.91. The number of anilines is 1. The highest BCUT2D eigenvalue weighted by Crippen LogP contribution is 2.11. The van der Waals surface area contributed by atoms with Crippen molar-refractivity contribution >= 4 is 29.2 Å². The number of imidazole rings is 1. The molecular formula is C19H17ClFN5O. The van der Waals surface area contributed by atoms with E-state index in [1.165, 1.54) is 12.1 Å². The predicted molar refractivity (Wildman–Crippen MR) is 104 cm³/mol. The first kappa shape index (κ1) is 18.6. The van der Waals surface area contributed by atoms with Gasteiger partial charge in [-0.25, -0.2) is 9.37 Å². The third kappa shape index (κ3) is 5.65. The molecule has 8 heteroatoms. The maximum atomic E-state index is 13.4. The number of amides is 1. The van der Waals surface area contributed by atoms with Crippen LogP contribution in [0.25, 0.3) is 0 Å². The fourth-order valence-electron chi connectivity index (χ4n) is 2.33. The van der Waals surface area contributed by atoms with Gasteiger partial charge >= 0.3 is 0 Å². The quantitative estimate of drug-likeness (QED) is 0.463. The number of nitrogens with zero attached hydrogens (tertiary/aromatic N) is 2. The van der Waals surface area contributed by atoms with Gasteiger partial charge in [-0.05, 0) is 36.4 Å². The number of H-pyrrole nitrogens is 1. The van der Waals surface area contributed by atoms with Crippen LogP contribution in [-0.2, 0) is 6.42 Å². The van der Waals surface area contributed by atoms with Crippen molar-refractivity contribution in [1.29, 1.82) is 0 Å². The van der Waals surface area contributed by atoms with E-state index in [-0.39, 0.29) is 11.9 Å². The fraction of sp³-hybridized carbons (Fsp3) is 0.105. The first-order chi connectivity index (χ1) is 13.1. The highest BCUT2D eigenvalue weighted by Gasteiger charge is 2.10. The van der Waals surface area contributed by atoms with Crippen LogP contribution in [0.3, 0.4) is 0 Å². The van der Waals surface area contributed by atoms with E-state index in [2.05, 4.69) is 25.6 Å². The molecule has 2 aromatic carbocycles. The van der Waals surface area contributed by atoms with Gasteiger partial charge in [0.15, 0.2) is 0 Å². The maximum Gasteiger partial charge on any atom is 0.258 e. The molecule has 27 heavy (non-hydrogen) atoms. The predicted octanol–water partition coefficient (Wildman–Crippen LogP) is 3.64. The number of aromatic amines is 1. The number of hydrogen-bond acceptors (Lipinski definition) is 3. The van der Waals surface area contributed by atoms with Crippen molar-refractivity contribution in [1.82, 2.24) is 15.3 Å². The lowest BCUT2D eigenvalue weighted by molar-refractivity contribution is 0.0977. The standard InChI is InChI=1S/C19H17ClFN5O/c20-14-4-1-3-13(9-14)18(27)26-19(23-8-7-17-11-22-12-24-17)25-16-6-2-5-15(21)10-16/h1-6,9-12H,7-8H2,(H,22,24)(H2,23,25,26,27). The zero-order valence-corrected chi connectivity index (χ0v) is 15.0. The van der Waals surface area contributed by atoms with Crippen molar-refractivity contribution in [3.8, 4) is 0 Å². The first-order valence-corrected chi connectivity index (χ1v) is 8.59. The van der Waals surface area contributed by atoms with Crippen LogP contribution in [0.4, 0.5) is 10.1 Å². The van der Waals surface area contributed by atoms with Crippen LogP contribution in [0.2, 0.25) is 5.02 Å². The number of carbonyl (C=O) groups excluding carboxylic acids is 1. The van der Waals surface area contributed by atoms with Gasteiger partial charge in [-0.2, -0.15) is 0 Å². The molecule has 0 bridgehead atoms. The Morgan fingerprint density at radius 1 is 1.22 bits per heavy atom. The summed E-state index contributed by atoms with van der Waals surface area (Å²) >= 11 is 5.94. The number of nitrogens with one attached hydrogen (secondary N) is 3. The van der Waals surface area contributed by atoms with Crippen LogP contribution in [0.5, 0.6) is 0 Å². The Labute approximate surface area is 160 Å². The third-order valence-electron chi connectivity index (χ3n) is 3.61. The molecule has 0 atom stereocenters. The van der Waals surface area contributed by atoms with Gasteiger partial charge in [-0.3, -0.25) is 15.1 Å². The summed E-state index contributed by atoms with van der Waals surface area (Å²) in [7, 11) is 0. The van der Waals surface area contributed by atoms with E-state index in [4.69, 9.17) is 11.6 Å². The average molecular weight is 386 g/mol. The average Bonchev–Trinajstić information content (AvgIpc) is 3.15. The second-order valence-corrected chi connectivity index (χ2v) is 6.09. The number of carbonyl (C=O) groups is 1. The zero-order chi connectivity index (χ0) is 19.1. The van der Waals surface area contributed by atoms with E-state index in [9.17, 15) is 9.18 Å². The van der Waals surface area contributed by atoms with Crippen molar-refractivity contribution < 1.29 is 9.18 Å². The summed E-state index contributed by atoms with van der Waals surface area (Å²) in [5, 5.41) is 6.09. The van der Waals surface area contributed by atoms with E-state index >= 15 is 0 Å². The number of aliphatic imine (C=N–C) groups is 1. The van der Waals surface area contributed by atoms with Crippen LogP contribution in [-0.4, -0.2) is 28.4 Å². The van der Waals surface area contributed by atoms with E-state index in [0.717, 1.165) is 5.69 Å². The summed E-state index contributed by atoms with van der Waals surface area (Å²) < 4.78 is 13.4. The zero-order valence-electron chi connectivity index (χ0n) is 14.2. The highest BCUT2D eigenvalue weighted by molar-refractivity contribution is 6.31. The Hall–Kier alpha value is -3.19. The number of benzene rings is 2. The molecule has 0 radical (unpaired) electrons. The molecule has 0 aliphatic rings. The molecule has 0 saturated carbocycles. The second kappa shape index (κ2) is 8.95. The number of guanidine groups is 1. The van der Waals surface area contributed by atoms with Crippen molar-refractivity contribution in [3.05, 3.63) is 83.2 Å². The molecule has 3 N–H and O–H groups in total. The molecule has 138 valence electrons. The molecule has 0 aliphatic heterocycles. The lowest BCUT2D eigenvalue weighted by Gasteiger charge is -2.12. The first-order valence-electron chi connectivity index (χ1n) is 8.21. The van der Waals surface area contributed by atoms with Crippen LogP contribution in [0.15, 0.2) is 66.0 Å². The number of hydrogen-bond donors (Lipinski definition) is 3. The molecule has 0 aliphatic carbocycles. The van der Waals surface area contributed by atoms with E-state index in [1.54, 1.807) is 48.9 Å². The Bertz CT molecular complexity index is 943. The Morgan fingerprint density at radius 2 is 2.07 bits per heavy atom. The SMILES string of the molecule is O=C(NC(=NCCc1cnc[nH]1)Nc1cccc(F)c1)c1cccc(Cl)c1. The molecule has 1 aromatic heterocycles. The fourth-order valence-corrected chi connectivity index (χ4v) is 2.52. The van der Waals surface area contributed by atoms with Gasteiger partial charge in [0.05, 0.1) is 6.33 Å². The minimum atomic E-state index is -0.391. The molecular weight excluding hydrogens is 369 g/mol. The van der Waals surface area contributed by atoms with Crippen molar-refractivity contribution in [2.24, 2.45) is 4.99 Å². The third-order valence-corrected chi connectivity index (χ3v) is 3.85. The minimum absolute atomic E-state index is 0.213. The monoisotopic (exact) mass is 385 g/mol. The Kier molecular flexibility index (Phi) is 6.17. The molecule has 3 rings (SSSR count). The van der Waals surface area contributed by atoms with Crippen molar-refractivity contribution in [2.75, 3.05) is 11.9 Å². The molecule has 0 unspecified atom stereocenters. The minimum Gasteiger partial charge on any atom is -0.348 e. The van der Waals surface area contributed by atoms with Crippen LogP contribution in [0, 0.1) is 5.82 Å². The van der Waals surface area contributed by atoms with Gasteiger partial charge in [0.1, 0.15) is 5.82 Å². The number of rotatable bonds is 5. The Morgan fingerprint density at radius 3 is 2.81 bits per heavy atom. The van der Waals surface area contributed by atoms with Gasteiger partial charge in [0.25, 0.3) is 5.91 Å². The molecule has 0 fully saturated rings. The van der Waals surface area contributed by atoms with Gasteiger partial charge in [-0.15, -0.1) is 0 Å². The summed E-state index contributed by atoms with van der Waals surface area (Å²) in [6.45, 7) is 0.398. The van der Waals surface area contributed by atoms with Crippen LogP contribution < -0.4 is 10.6 Å². The smallest absolute Gasteiger partial charge is 0.258 e. The van der Waals surface area contributed by atoms with Gasteiger partial charge in [0, 0.05) is 41.1 Å². The van der Waals surface area contributed by atoms with Crippen molar-refractivity contribution in [3.63, 3.8) is 0 Å². The molecule has 0 spiro atoms. The second-order valence-electron chi connectivity index (χ2n) is 5.66. The summed E-state index contributed by atoms with van der Waals surface area (Å²) in [4.78, 5) is 23.8. The van der Waals surface area contributed by atoms with Crippen molar-refractivity contribution in [2.45, 2.75) is 6.42 Å². The number of aromatic nitrogens is 2. The van der Waals surface area contributed by atoms with Gasteiger partial charge in [0.2, 0.25) is 5.96 Å². The summed E-state index contributed by atoms with van der Waals surface area (Å²) in [5.74, 6) is -0.551. The largest absolute Gasteiger partial charge is 0.348 e. The number of halogens is 2. The maximum absolute atomic E-state index is 13.4. The molecule has 0 saturated heterocycles. The molecule has 6 nitrogen and oxygen atoms in total. The molecule has 3 aromatic rings. The molecule has 1 amide bonds. The highest BCUT2D eigenvalue weighted by atomic mass is 35.5. The Balaban J connectivity index is 1.74. The topological polar surface area (TPSA) is 82.2 Å². The van der Waals surface area contributed by atoms with E-state index in [1.807, 2.05) is 0 Å². The lowest BCUT2D eigenvalue weighted by Crippen LogP contribution is -2.36.